The predicted molar refractivity (Wildman–Crippen MR) is 76.3 cm³/mol. The van der Waals surface area contributed by atoms with Crippen LogP contribution in [0.1, 0.15) is 37.2 Å². The van der Waals surface area contributed by atoms with Crippen LogP contribution in [-0.4, -0.2) is 32.2 Å². The highest BCUT2D eigenvalue weighted by atomic mass is 19.3. The summed E-state index contributed by atoms with van der Waals surface area (Å²) in [5.41, 5.74) is 1.37. The third-order valence-electron chi connectivity index (χ3n) is 3.89. The SMILES string of the molecule is FC(F)COCCNC1CCCCC1c1ccccc1. The van der Waals surface area contributed by atoms with E-state index in [1.807, 2.05) is 6.07 Å². The van der Waals surface area contributed by atoms with E-state index in [1.54, 1.807) is 0 Å². The fourth-order valence-corrected chi connectivity index (χ4v) is 2.96. The molecule has 2 rings (SSSR count). The molecule has 1 saturated carbocycles. The standard InChI is InChI=1S/C16H23F2NO/c17-16(18)12-20-11-10-19-15-9-5-4-8-14(15)13-6-2-1-3-7-13/h1-3,6-7,14-16,19H,4-5,8-12H2. The third-order valence-corrected chi connectivity index (χ3v) is 3.89. The van der Waals surface area contributed by atoms with E-state index >= 15 is 0 Å². The van der Waals surface area contributed by atoms with E-state index in [2.05, 4.69) is 29.6 Å². The number of hydrogen-bond acceptors (Lipinski definition) is 2. The fraction of sp³-hybridized carbons (Fsp3) is 0.625. The highest BCUT2D eigenvalue weighted by Gasteiger charge is 2.25. The Morgan fingerprint density at radius 2 is 1.90 bits per heavy atom. The summed E-state index contributed by atoms with van der Waals surface area (Å²) in [6.45, 7) is 0.525. The van der Waals surface area contributed by atoms with Crippen molar-refractivity contribution in [3.8, 4) is 0 Å². The monoisotopic (exact) mass is 283 g/mol. The first-order chi connectivity index (χ1) is 9.77. The molecule has 0 radical (unpaired) electrons. The zero-order valence-corrected chi connectivity index (χ0v) is 11.7. The van der Waals surface area contributed by atoms with Gasteiger partial charge in [-0.1, -0.05) is 43.2 Å². The highest BCUT2D eigenvalue weighted by Crippen LogP contribution is 2.32. The first-order valence-electron chi connectivity index (χ1n) is 7.41. The van der Waals surface area contributed by atoms with Crippen molar-refractivity contribution in [2.45, 2.75) is 44.1 Å². The maximum atomic E-state index is 12.0. The Hall–Kier alpha value is -1.00. The van der Waals surface area contributed by atoms with Gasteiger partial charge >= 0.3 is 0 Å². The molecule has 2 atom stereocenters. The quantitative estimate of drug-likeness (QED) is 0.772. The summed E-state index contributed by atoms with van der Waals surface area (Å²) < 4.78 is 28.8. The predicted octanol–water partition coefficient (Wildman–Crippen LogP) is 3.58. The summed E-state index contributed by atoms with van der Waals surface area (Å²) in [4.78, 5) is 0. The molecule has 112 valence electrons. The molecule has 4 heteroatoms. The van der Waals surface area contributed by atoms with Gasteiger partial charge in [-0.15, -0.1) is 0 Å². The smallest absolute Gasteiger partial charge is 0.261 e. The number of hydrogen-bond donors (Lipinski definition) is 1. The summed E-state index contributed by atoms with van der Waals surface area (Å²) in [5, 5.41) is 3.47. The van der Waals surface area contributed by atoms with Crippen molar-refractivity contribution in [3.05, 3.63) is 35.9 Å². The third kappa shape index (κ3) is 4.84. The van der Waals surface area contributed by atoms with E-state index in [-0.39, 0.29) is 0 Å². The van der Waals surface area contributed by atoms with Crippen molar-refractivity contribution in [2.75, 3.05) is 19.8 Å². The van der Waals surface area contributed by atoms with Crippen LogP contribution in [0.3, 0.4) is 0 Å². The van der Waals surface area contributed by atoms with Crippen LogP contribution < -0.4 is 5.32 Å². The maximum absolute atomic E-state index is 12.0. The van der Waals surface area contributed by atoms with E-state index in [0.717, 1.165) is 6.42 Å². The van der Waals surface area contributed by atoms with Crippen LogP contribution in [0, 0.1) is 0 Å². The topological polar surface area (TPSA) is 21.3 Å². The van der Waals surface area contributed by atoms with Crippen molar-refractivity contribution in [2.24, 2.45) is 0 Å². The second-order valence-corrected chi connectivity index (χ2v) is 5.33. The zero-order chi connectivity index (χ0) is 14.2. The molecule has 0 spiro atoms. The summed E-state index contributed by atoms with van der Waals surface area (Å²) in [5.74, 6) is 0.528. The minimum absolute atomic E-state index is 0.350. The van der Waals surface area contributed by atoms with Crippen LogP contribution in [0.25, 0.3) is 0 Å². The van der Waals surface area contributed by atoms with Crippen molar-refractivity contribution >= 4 is 0 Å². The van der Waals surface area contributed by atoms with E-state index in [9.17, 15) is 8.78 Å². The second kappa shape index (κ2) is 8.32. The molecular formula is C16H23F2NO. The summed E-state index contributed by atoms with van der Waals surface area (Å²) in [6, 6.07) is 11.0. The Labute approximate surface area is 119 Å². The zero-order valence-electron chi connectivity index (χ0n) is 11.7. The van der Waals surface area contributed by atoms with Gasteiger partial charge in [0.25, 0.3) is 6.43 Å². The van der Waals surface area contributed by atoms with Gasteiger partial charge in [0, 0.05) is 12.6 Å². The molecule has 0 amide bonds. The summed E-state index contributed by atoms with van der Waals surface area (Å²) in [6.07, 6.45) is 2.47. The van der Waals surface area contributed by atoms with Gasteiger partial charge in [0.15, 0.2) is 0 Å². The molecule has 0 saturated heterocycles. The molecule has 1 aromatic rings. The minimum Gasteiger partial charge on any atom is -0.374 e. The molecule has 20 heavy (non-hydrogen) atoms. The van der Waals surface area contributed by atoms with Crippen LogP contribution >= 0.6 is 0 Å². The largest absolute Gasteiger partial charge is 0.374 e. The van der Waals surface area contributed by atoms with Crippen molar-refractivity contribution in [1.82, 2.24) is 5.32 Å². The first-order valence-corrected chi connectivity index (χ1v) is 7.41. The van der Waals surface area contributed by atoms with E-state index < -0.39 is 13.0 Å². The van der Waals surface area contributed by atoms with Gasteiger partial charge in [0.1, 0.15) is 6.61 Å². The molecule has 1 N–H and O–H groups in total. The van der Waals surface area contributed by atoms with Gasteiger partial charge in [-0.3, -0.25) is 0 Å². The molecule has 2 unspecified atom stereocenters. The number of benzene rings is 1. The molecule has 1 aliphatic carbocycles. The lowest BCUT2D eigenvalue weighted by atomic mass is 9.80. The first kappa shape index (κ1) is 15.4. The second-order valence-electron chi connectivity index (χ2n) is 5.33. The van der Waals surface area contributed by atoms with Crippen LogP contribution in [0.5, 0.6) is 0 Å². The van der Waals surface area contributed by atoms with E-state index in [4.69, 9.17) is 4.74 Å². The normalized spacial score (nSPS) is 23.1. The number of ether oxygens (including phenoxy) is 1. The van der Waals surface area contributed by atoms with Gasteiger partial charge in [-0.05, 0) is 24.3 Å². The average molecular weight is 283 g/mol. The summed E-state index contributed by atoms with van der Waals surface area (Å²) >= 11 is 0. The molecule has 0 aromatic heterocycles. The van der Waals surface area contributed by atoms with Gasteiger partial charge in [-0.2, -0.15) is 0 Å². The van der Waals surface area contributed by atoms with Gasteiger partial charge in [-0.25, -0.2) is 8.78 Å². The molecule has 0 aliphatic heterocycles. The van der Waals surface area contributed by atoms with Crippen LogP contribution in [0.15, 0.2) is 30.3 Å². The Morgan fingerprint density at radius 3 is 2.65 bits per heavy atom. The van der Waals surface area contributed by atoms with Crippen LogP contribution in [-0.2, 0) is 4.74 Å². The van der Waals surface area contributed by atoms with Crippen molar-refractivity contribution < 1.29 is 13.5 Å². The number of halogens is 2. The summed E-state index contributed by atoms with van der Waals surface area (Å²) in [7, 11) is 0. The van der Waals surface area contributed by atoms with Gasteiger partial charge < -0.3 is 10.1 Å². The van der Waals surface area contributed by atoms with Crippen molar-refractivity contribution in [3.63, 3.8) is 0 Å². The number of alkyl halides is 2. The molecule has 1 fully saturated rings. The molecular weight excluding hydrogens is 260 g/mol. The minimum atomic E-state index is -2.37. The van der Waals surface area contributed by atoms with Crippen LogP contribution in [0.4, 0.5) is 8.78 Å². The molecule has 1 aliphatic rings. The van der Waals surface area contributed by atoms with Gasteiger partial charge in [0.2, 0.25) is 0 Å². The Bertz CT molecular complexity index is 372. The average Bonchev–Trinajstić information content (AvgIpc) is 2.48. The number of nitrogens with one attached hydrogen (secondary N) is 1. The van der Waals surface area contributed by atoms with Crippen molar-refractivity contribution in [1.29, 1.82) is 0 Å². The lowest BCUT2D eigenvalue weighted by Crippen LogP contribution is -2.39. The molecule has 1 aromatic carbocycles. The Balaban J connectivity index is 1.79. The fourth-order valence-electron chi connectivity index (χ4n) is 2.96. The lowest BCUT2D eigenvalue weighted by molar-refractivity contribution is 0.0178. The van der Waals surface area contributed by atoms with E-state index in [1.165, 1.54) is 24.8 Å². The molecule has 0 bridgehead atoms. The van der Waals surface area contributed by atoms with E-state index in [0.29, 0.717) is 25.1 Å². The maximum Gasteiger partial charge on any atom is 0.261 e. The number of rotatable bonds is 7. The molecule has 0 heterocycles. The Kier molecular flexibility index (Phi) is 6.40. The molecule has 2 nitrogen and oxygen atoms in total. The Morgan fingerprint density at radius 1 is 1.15 bits per heavy atom. The lowest BCUT2D eigenvalue weighted by Gasteiger charge is -2.32. The van der Waals surface area contributed by atoms with Gasteiger partial charge in [0.05, 0.1) is 6.61 Å². The van der Waals surface area contributed by atoms with Crippen LogP contribution in [0.2, 0.25) is 0 Å². The highest BCUT2D eigenvalue weighted by molar-refractivity contribution is 5.21.